The summed E-state index contributed by atoms with van der Waals surface area (Å²) in [6, 6.07) is 11.8. The maximum atomic E-state index is 6.12. The number of halogens is 3. The Labute approximate surface area is 137 Å². The first-order valence-corrected chi connectivity index (χ1v) is 8.38. The van der Waals surface area contributed by atoms with Gasteiger partial charge < -0.3 is 5.32 Å². The first-order valence-electron chi connectivity index (χ1n) is 6.27. The highest BCUT2D eigenvalue weighted by molar-refractivity contribution is 7.99. The smallest absolute Gasteiger partial charge is 0.0533 e. The van der Waals surface area contributed by atoms with E-state index in [1.54, 1.807) is 6.07 Å². The molecule has 1 aliphatic rings. The normalized spacial score (nSPS) is 17.6. The van der Waals surface area contributed by atoms with E-state index < -0.39 is 0 Å². The van der Waals surface area contributed by atoms with Crippen LogP contribution in [0.4, 0.5) is 5.69 Å². The molecule has 0 saturated carbocycles. The minimum atomic E-state index is 0.236. The number of fused-ring (bicyclic) bond motifs is 1. The van der Waals surface area contributed by atoms with Crippen molar-refractivity contribution in [1.82, 2.24) is 0 Å². The first kappa shape index (κ1) is 14.4. The van der Waals surface area contributed by atoms with Gasteiger partial charge >= 0.3 is 0 Å². The maximum absolute atomic E-state index is 6.12. The minimum Gasteiger partial charge on any atom is -0.378 e. The fraction of sp³-hybridized carbons (Fsp3) is 0.200. The Morgan fingerprint density at radius 2 is 1.70 bits per heavy atom. The summed E-state index contributed by atoms with van der Waals surface area (Å²) in [5.41, 5.74) is 2.18. The average molecular weight is 345 g/mol. The lowest BCUT2D eigenvalue weighted by atomic mass is 10.0. The summed E-state index contributed by atoms with van der Waals surface area (Å²) in [5, 5.41) is 5.54. The van der Waals surface area contributed by atoms with Crippen molar-refractivity contribution < 1.29 is 0 Å². The highest BCUT2D eigenvalue weighted by atomic mass is 35.5. The van der Waals surface area contributed by atoms with Gasteiger partial charge in [0.2, 0.25) is 0 Å². The number of anilines is 1. The average Bonchev–Trinajstić information content (AvgIpc) is 2.38. The quantitative estimate of drug-likeness (QED) is 0.686. The Morgan fingerprint density at radius 1 is 0.950 bits per heavy atom. The molecule has 104 valence electrons. The Morgan fingerprint density at radius 3 is 2.45 bits per heavy atom. The van der Waals surface area contributed by atoms with Crippen molar-refractivity contribution in [1.29, 1.82) is 0 Å². The SMILES string of the molecule is Clc1cc(Cl)cc(NC2CCSc3ccc(Cl)cc32)c1. The minimum absolute atomic E-state index is 0.236. The molecule has 1 aliphatic heterocycles. The summed E-state index contributed by atoms with van der Waals surface area (Å²) in [6.07, 6.45) is 1.04. The topological polar surface area (TPSA) is 12.0 Å². The van der Waals surface area contributed by atoms with Crippen LogP contribution in [-0.4, -0.2) is 5.75 Å². The largest absolute Gasteiger partial charge is 0.378 e. The van der Waals surface area contributed by atoms with Crippen LogP contribution in [-0.2, 0) is 0 Å². The molecule has 0 radical (unpaired) electrons. The van der Waals surface area contributed by atoms with Crippen molar-refractivity contribution in [3.8, 4) is 0 Å². The van der Waals surface area contributed by atoms with E-state index in [4.69, 9.17) is 34.8 Å². The molecular formula is C15H12Cl3NS. The van der Waals surface area contributed by atoms with Gasteiger partial charge in [0.15, 0.2) is 0 Å². The molecule has 1 N–H and O–H groups in total. The third kappa shape index (κ3) is 3.20. The van der Waals surface area contributed by atoms with Gasteiger partial charge in [-0.05, 0) is 48.4 Å². The lowest BCUT2D eigenvalue weighted by Gasteiger charge is -2.27. The van der Waals surface area contributed by atoms with Crippen molar-refractivity contribution in [2.75, 3.05) is 11.1 Å². The lowest BCUT2D eigenvalue weighted by molar-refractivity contribution is 0.729. The summed E-state index contributed by atoms with van der Waals surface area (Å²) in [5.74, 6) is 1.08. The van der Waals surface area contributed by atoms with Crippen molar-refractivity contribution in [2.45, 2.75) is 17.4 Å². The van der Waals surface area contributed by atoms with Crippen molar-refractivity contribution in [3.05, 3.63) is 57.0 Å². The molecule has 2 aromatic rings. The number of benzene rings is 2. The molecule has 0 amide bonds. The third-order valence-corrected chi connectivity index (χ3v) is 5.01. The second-order valence-corrected chi connectivity index (χ2v) is 7.12. The molecule has 1 atom stereocenters. The standard InChI is InChI=1S/C15H12Cl3NS/c16-9-1-2-15-13(8-9)14(3-4-20-15)19-12-6-10(17)5-11(18)7-12/h1-2,5-8,14,19H,3-4H2. The van der Waals surface area contributed by atoms with E-state index in [1.165, 1.54) is 10.5 Å². The molecule has 0 bridgehead atoms. The van der Waals surface area contributed by atoms with E-state index >= 15 is 0 Å². The zero-order chi connectivity index (χ0) is 14.1. The fourth-order valence-corrected chi connectivity index (χ4v) is 4.17. The second kappa shape index (κ2) is 6.07. The van der Waals surface area contributed by atoms with Gasteiger partial charge in [-0.2, -0.15) is 0 Å². The molecule has 1 nitrogen and oxygen atoms in total. The van der Waals surface area contributed by atoms with Gasteiger partial charge in [0.05, 0.1) is 6.04 Å². The maximum Gasteiger partial charge on any atom is 0.0533 e. The molecular weight excluding hydrogens is 333 g/mol. The van der Waals surface area contributed by atoms with Crippen molar-refractivity contribution in [2.24, 2.45) is 0 Å². The van der Waals surface area contributed by atoms with Crippen LogP contribution in [0, 0.1) is 0 Å². The molecule has 1 heterocycles. The summed E-state index contributed by atoms with van der Waals surface area (Å²) < 4.78 is 0. The molecule has 0 saturated heterocycles. The predicted octanol–water partition coefficient (Wildman–Crippen LogP) is 6.30. The molecule has 2 aromatic carbocycles. The van der Waals surface area contributed by atoms with E-state index in [0.29, 0.717) is 10.0 Å². The number of hydrogen-bond acceptors (Lipinski definition) is 2. The van der Waals surface area contributed by atoms with Gasteiger partial charge in [0, 0.05) is 31.4 Å². The summed E-state index contributed by atoms with van der Waals surface area (Å²) in [4.78, 5) is 1.28. The van der Waals surface area contributed by atoms with Gasteiger partial charge in [0.1, 0.15) is 0 Å². The first-order chi connectivity index (χ1) is 9.61. The van der Waals surface area contributed by atoms with Crippen LogP contribution in [0.1, 0.15) is 18.0 Å². The third-order valence-electron chi connectivity index (χ3n) is 3.21. The Bertz CT molecular complexity index is 625. The molecule has 20 heavy (non-hydrogen) atoms. The highest BCUT2D eigenvalue weighted by Gasteiger charge is 2.21. The van der Waals surface area contributed by atoms with Gasteiger partial charge in [-0.15, -0.1) is 11.8 Å². The monoisotopic (exact) mass is 343 g/mol. The molecule has 1 unspecified atom stereocenters. The Kier molecular flexibility index (Phi) is 4.37. The molecule has 0 aliphatic carbocycles. The van der Waals surface area contributed by atoms with Gasteiger partial charge in [0.25, 0.3) is 0 Å². The number of nitrogens with one attached hydrogen (secondary N) is 1. The molecule has 0 aromatic heterocycles. The predicted molar refractivity (Wildman–Crippen MR) is 89.6 cm³/mol. The molecule has 5 heteroatoms. The van der Waals surface area contributed by atoms with Crippen molar-refractivity contribution >= 4 is 52.3 Å². The van der Waals surface area contributed by atoms with Gasteiger partial charge in [-0.3, -0.25) is 0 Å². The van der Waals surface area contributed by atoms with Crippen LogP contribution < -0.4 is 5.32 Å². The van der Waals surface area contributed by atoms with Crippen LogP contribution in [0.25, 0.3) is 0 Å². The molecule has 0 spiro atoms. The van der Waals surface area contributed by atoms with E-state index in [2.05, 4.69) is 11.4 Å². The van der Waals surface area contributed by atoms with Crippen LogP contribution in [0.3, 0.4) is 0 Å². The van der Waals surface area contributed by atoms with E-state index in [-0.39, 0.29) is 6.04 Å². The van der Waals surface area contributed by atoms with Crippen LogP contribution in [0.2, 0.25) is 15.1 Å². The van der Waals surface area contributed by atoms with Crippen LogP contribution in [0.15, 0.2) is 41.3 Å². The summed E-state index contributed by atoms with van der Waals surface area (Å²) in [7, 11) is 0. The van der Waals surface area contributed by atoms with Crippen molar-refractivity contribution in [3.63, 3.8) is 0 Å². The second-order valence-electron chi connectivity index (χ2n) is 4.67. The number of rotatable bonds is 2. The summed E-state index contributed by atoms with van der Waals surface area (Å²) >= 11 is 20.1. The fourth-order valence-electron chi connectivity index (χ4n) is 2.35. The molecule has 3 rings (SSSR count). The Balaban J connectivity index is 1.91. The van der Waals surface area contributed by atoms with Gasteiger partial charge in [-0.1, -0.05) is 34.8 Å². The zero-order valence-electron chi connectivity index (χ0n) is 10.5. The number of hydrogen-bond donors (Lipinski definition) is 1. The summed E-state index contributed by atoms with van der Waals surface area (Å²) in [6.45, 7) is 0. The number of thioether (sulfide) groups is 1. The van der Waals surface area contributed by atoms with E-state index in [0.717, 1.165) is 22.9 Å². The Hall–Kier alpha value is -0.540. The van der Waals surface area contributed by atoms with Gasteiger partial charge in [-0.25, -0.2) is 0 Å². The molecule has 0 fully saturated rings. The van der Waals surface area contributed by atoms with Crippen LogP contribution >= 0.6 is 46.6 Å². The zero-order valence-corrected chi connectivity index (χ0v) is 13.6. The van der Waals surface area contributed by atoms with Crippen LogP contribution in [0.5, 0.6) is 0 Å². The lowest BCUT2D eigenvalue weighted by Crippen LogP contribution is -2.16. The van der Waals surface area contributed by atoms with E-state index in [9.17, 15) is 0 Å². The highest BCUT2D eigenvalue weighted by Crippen LogP contribution is 2.39. The van der Waals surface area contributed by atoms with E-state index in [1.807, 2.05) is 36.0 Å².